The maximum Gasteiger partial charge on any atom is 0.134 e. The summed E-state index contributed by atoms with van der Waals surface area (Å²) in [6.07, 6.45) is 20.6. The highest BCUT2D eigenvalue weighted by atomic mass is 19.1. The molecule has 0 bridgehead atoms. The molecule has 1 heteroatoms. The van der Waals surface area contributed by atoms with Crippen LogP contribution in [0.2, 0.25) is 0 Å². The Morgan fingerprint density at radius 2 is 1.28 bits per heavy atom. The Kier molecular flexibility index (Phi) is 12.0. The van der Waals surface area contributed by atoms with Crippen LogP contribution in [0.25, 0.3) is 10.8 Å². The van der Waals surface area contributed by atoms with E-state index in [1.807, 2.05) is 24.3 Å². The van der Waals surface area contributed by atoms with E-state index >= 15 is 4.39 Å². The van der Waals surface area contributed by atoms with Crippen molar-refractivity contribution in [2.45, 2.75) is 117 Å². The van der Waals surface area contributed by atoms with Crippen LogP contribution in [0.15, 0.2) is 54.6 Å². The summed E-state index contributed by atoms with van der Waals surface area (Å²) < 4.78 is 15.4. The maximum atomic E-state index is 15.4. The Bertz CT molecular complexity index is 1200. The number of hydrogen-bond acceptors (Lipinski definition) is 0. The van der Waals surface area contributed by atoms with Gasteiger partial charge in [0.25, 0.3) is 0 Å². The van der Waals surface area contributed by atoms with Crippen molar-refractivity contribution in [3.05, 3.63) is 82.7 Å². The molecule has 0 aliphatic heterocycles. The van der Waals surface area contributed by atoms with Crippen LogP contribution >= 0.6 is 0 Å². The molecule has 0 spiro atoms. The van der Waals surface area contributed by atoms with Gasteiger partial charge >= 0.3 is 0 Å². The van der Waals surface area contributed by atoms with E-state index in [-0.39, 0.29) is 5.82 Å². The van der Waals surface area contributed by atoms with E-state index in [0.717, 1.165) is 58.6 Å². The van der Waals surface area contributed by atoms with Crippen molar-refractivity contribution in [3.8, 4) is 11.8 Å². The number of aryl methyl sites for hydroxylation is 2. The fourth-order valence-electron chi connectivity index (χ4n) is 6.29. The van der Waals surface area contributed by atoms with E-state index in [1.165, 1.54) is 89.0 Å². The molecule has 0 N–H and O–H groups in total. The zero-order valence-corrected chi connectivity index (χ0v) is 24.5. The van der Waals surface area contributed by atoms with Crippen LogP contribution in [0.1, 0.15) is 126 Å². The Balaban J connectivity index is 1.28. The van der Waals surface area contributed by atoms with Gasteiger partial charge in [0.1, 0.15) is 5.82 Å². The number of benzene rings is 3. The van der Waals surface area contributed by atoms with Gasteiger partial charge in [0.05, 0.1) is 0 Å². The molecule has 0 heterocycles. The first-order chi connectivity index (χ1) is 19.2. The average molecular weight is 525 g/mol. The summed E-state index contributed by atoms with van der Waals surface area (Å²) in [6.45, 7) is 4.53. The smallest absolute Gasteiger partial charge is 0.134 e. The molecule has 1 saturated carbocycles. The van der Waals surface area contributed by atoms with Crippen molar-refractivity contribution in [2.24, 2.45) is 11.8 Å². The Morgan fingerprint density at radius 3 is 2.00 bits per heavy atom. The predicted molar refractivity (Wildman–Crippen MR) is 167 cm³/mol. The lowest BCUT2D eigenvalue weighted by Crippen LogP contribution is -2.15. The molecule has 1 aliphatic rings. The Morgan fingerprint density at radius 1 is 0.641 bits per heavy atom. The summed E-state index contributed by atoms with van der Waals surface area (Å²) in [6, 6.07) is 18.6. The van der Waals surface area contributed by atoms with E-state index in [4.69, 9.17) is 0 Å². The minimum atomic E-state index is -0.0360. The first kappa shape index (κ1) is 29.4. The molecular weight excluding hydrogens is 475 g/mol. The molecule has 0 nitrogen and oxygen atoms in total. The highest BCUT2D eigenvalue weighted by Gasteiger charge is 2.21. The van der Waals surface area contributed by atoms with Crippen LogP contribution in [0.5, 0.6) is 0 Å². The normalized spacial score (nSPS) is 17.2. The van der Waals surface area contributed by atoms with Gasteiger partial charge in [0.15, 0.2) is 0 Å². The zero-order chi connectivity index (χ0) is 27.3. The molecule has 0 unspecified atom stereocenters. The monoisotopic (exact) mass is 524 g/mol. The predicted octanol–water partition coefficient (Wildman–Crippen LogP) is 11.2. The average Bonchev–Trinajstić information content (AvgIpc) is 2.97. The number of hydrogen-bond donors (Lipinski definition) is 0. The Labute approximate surface area is 237 Å². The molecule has 1 fully saturated rings. The molecule has 0 aromatic heterocycles. The van der Waals surface area contributed by atoms with Gasteiger partial charge in [-0.3, -0.25) is 0 Å². The van der Waals surface area contributed by atoms with Crippen LogP contribution in [0.3, 0.4) is 0 Å². The SMILES string of the molecule is CCCCCCc1ccc(C#Cc2ccc3c(F)c(CCC4CCC(CCCCCC)CC4)ccc3c2)cc1. The first-order valence-corrected chi connectivity index (χ1v) is 16.0. The second-order valence-electron chi connectivity index (χ2n) is 12.0. The van der Waals surface area contributed by atoms with Crippen LogP contribution in [-0.2, 0) is 12.8 Å². The van der Waals surface area contributed by atoms with Gasteiger partial charge in [-0.15, -0.1) is 0 Å². The number of fused-ring (bicyclic) bond motifs is 1. The fourth-order valence-corrected chi connectivity index (χ4v) is 6.29. The highest BCUT2D eigenvalue weighted by Crippen LogP contribution is 2.35. The quantitative estimate of drug-likeness (QED) is 0.154. The minimum Gasteiger partial charge on any atom is -0.206 e. The zero-order valence-electron chi connectivity index (χ0n) is 24.5. The topological polar surface area (TPSA) is 0 Å². The maximum absolute atomic E-state index is 15.4. The van der Waals surface area contributed by atoms with E-state index in [2.05, 4.69) is 56.0 Å². The van der Waals surface area contributed by atoms with Crippen LogP contribution in [0, 0.1) is 29.5 Å². The van der Waals surface area contributed by atoms with Crippen LogP contribution in [-0.4, -0.2) is 0 Å². The van der Waals surface area contributed by atoms with Crippen molar-refractivity contribution in [1.82, 2.24) is 0 Å². The van der Waals surface area contributed by atoms with Crippen LogP contribution in [0.4, 0.5) is 4.39 Å². The third kappa shape index (κ3) is 9.24. The molecule has 3 aromatic carbocycles. The van der Waals surface area contributed by atoms with Crippen molar-refractivity contribution < 1.29 is 4.39 Å². The van der Waals surface area contributed by atoms with Gasteiger partial charge in [-0.05, 0) is 78.3 Å². The summed E-state index contributed by atoms with van der Waals surface area (Å²) in [5.74, 6) is 8.24. The van der Waals surface area contributed by atoms with E-state index in [9.17, 15) is 0 Å². The molecule has 0 atom stereocenters. The van der Waals surface area contributed by atoms with Crippen LogP contribution < -0.4 is 0 Å². The van der Waals surface area contributed by atoms with Gasteiger partial charge in [-0.1, -0.05) is 133 Å². The third-order valence-corrected chi connectivity index (χ3v) is 8.91. The molecule has 1 aliphatic carbocycles. The van der Waals surface area contributed by atoms with Crippen molar-refractivity contribution in [2.75, 3.05) is 0 Å². The van der Waals surface area contributed by atoms with Crippen molar-refractivity contribution in [1.29, 1.82) is 0 Å². The molecule has 0 amide bonds. The lowest BCUT2D eigenvalue weighted by atomic mass is 9.77. The number of rotatable bonds is 13. The summed E-state index contributed by atoms with van der Waals surface area (Å²) >= 11 is 0. The lowest BCUT2D eigenvalue weighted by Gasteiger charge is -2.28. The Hall–Kier alpha value is -2.59. The van der Waals surface area contributed by atoms with Gasteiger partial charge in [0.2, 0.25) is 0 Å². The molecule has 39 heavy (non-hydrogen) atoms. The lowest BCUT2D eigenvalue weighted by molar-refractivity contribution is 0.248. The molecule has 0 radical (unpaired) electrons. The molecule has 0 saturated heterocycles. The van der Waals surface area contributed by atoms with Gasteiger partial charge in [-0.2, -0.15) is 0 Å². The fraction of sp³-hybridized carbons (Fsp3) is 0.526. The van der Waals surface area contributed by atoms with Crippen molar-refractivity contribution in [3.63, 3.8) is 0 Å². The van der Waals surface area contributed by atoms with Crippen molar-refractivity contribution >= 4 is 10.8 Å². The molecule has 4 rings (SSSR count). The highest BCUT2D eigenvalue weighted by molar-refractivity contribution is 5.85. The first-order valence-electron chi connectivity index (χ1n) is 16.0. The summed E-state index contributed by atoms with van der Waals surface area (Å²) in [7, 11) is 0. The number of halogens is 1. The molecule has 3 aromatic rings. The standard InChI is InChI=1S/C38H49F/c1-3-5-7-9-11-30-13-17-32(18-14-30)21-22-34-24-28-37-36(29-34)27-26-35(38(37)39)25-23-33-19-15-31(16-20-33)12-10-8-6-4-2/h13-14,17-18,24,26-29,31,33H,3-12,15-16,19-20,23,25H2,1-2H3. The summed E-state index contributed by atoms with van der Waals surface area (Å²) in [5.41, 5.74) is 4.22. The second-order valence-corrected chi connectivity index (χ2v) is 12.0. The van der Waals surface area contributed by atoms with E-state index in [0.29, 0.717) is 0 Å². The molecule has 208 valence electrons. The second kappa shape index (κ2) is 15.9. The largest absolute Gasteiger partial charge is 0.206 e. The van der Waals surface area contributed by atoms with E-state index < -0.39 is 0 Å². The molecular formula is C38H49F. The van der Waals surface area contributed by atoms with Gasteiger partial charge < -0.3 is 0 Å². The minimum absolute atomic E-state index is 0.0360. The third-order valence-electron chi connectivity index (χ3n) is 8.91. The van der Waals surface area contributed by atoms with Gasteiger partial charge in [0, 0.05) is 16.5 Å². The summed E-state index contributed by atoms with van der Waals surface area (Å²) in [4.78, 5) is 0. The van der Waals surface area contributed by atoms with E-state index in [1.54, 1.807) is 0 Å². The summed E-state index contributed by atoms with van der Waals surface area (Å²) in [5, 5.41) is 1.66. The van der Waals surface area contributed by atoms with Gasteiger partial charge in [-0.25, -0.2) is 4.39 Å². The number of unbranched alkanes of at least 4 members (excludes halogenated alkanes) is 6.